The first-order valence-electron chi connectivity index (χ1n) is 7.43. The quantitative estimate of drug-likeness (QED) is 0.696. The fourth-order valence-electron chi connectivity index (χ4n) is 4.35. The van der Waals surface area contributed by atoms with Crippen molar-refractivity contribution in [3.8, 4) is 0 Å². The van der Waals surface area contributed by atoms with Crippen molar-refractivity contribution in [1.29, 1.82) is 0 Å². The molecular weight excluding hydrogens is 246 g/mol. The Morgan fingerprint density at radius 3 is 2.74 bits per heavy atom. The van der Waals surface area contributed by atoms with E-state index in [2.05, 4.69) is 0 Å². The SMILES string of the molecule is O=C(C1CCC1)N1C[C@@H]2C[C@H]3C[C@@H](O)[C@@H](O)[C@]2(C1)O3. The Balaban J connectivity index is 1.55. The lowest BCUT2D eigenvalue weighted by molar-refractivity contribution is -0.197. The largest absolute Gasteiger partial charge is 0.390 e. The zero-order valence-corrected chi connectivity index (χ0v) is 11.0. The molecular formula is C14H21NO4. The minimum Gasteiger partial charge on any atom is -0.390 e. The molecule has 1 spiro atoms. The normalized spacial score (nSPS) is 49.1. The summed E-state index contributed by atoms with van der Waals surface area (Å²) in [5.41, 5.74) is -0.693. The molecule has 1 saturated carbocycles. The molecule has 1 aliphatic carbocycles. The third-order valence-electron chi connectivity index (χ3n) is 5.64. The molecule has 1 amide bonds. The molecule has 0 aromatic heterocycles. The number of hydrogen-bond acceptors (Lipinski definition) is 4. The van der Waals surface area contributed by atoms with Crippen LogP contribution in [0.25, 0.3) is 0 Å². The predicted octanol–water partition coefficient (Wildman–Crippen LogP) is -0.102. The van der Waals surface area contributed by atoms with E-state index in [1.807, 2.05) is 4.90 Å². The van der Waals surface area contributed by atoms with E-state index in [0.29, 0.717) is 19.5 Å². The van der Waals surface area contributed by atoms with Crippen LogP contribution < -0.4 is 0 Å². The van der Waals surface area contributed by atoms with Gasteiger partial charge in [-0.05, 0) is 19.3 Å². The van der Waals surface area contributed by atoms with Gasteiger partial charge in [-0.1, -0.05) is 6.42 Å². The molecule has 4 rings (SSSR count). The van der Waals surface area contributed by atoms with Crippen LogP contribution in [0, 0.1) is 11.8 Å². The molecule has 5 atom stereocenters. The molecule has 2 bridgehead atoms. The molecule has 0 unspecified atom stereocenters. The lowest BCUT2D eigenvalue weighted by Gasteiger charge is -2.41. The molecule has 2 N–H and O–H groups in total. The molecule has 19 heavy (non-hydrogen) atoms. The zero-order valence-electron chi connectivity index (χ0n) is 11.0. The van der Waals surface area contributed by atoms with Gasteiger partial charge in [0.05, 0.1) is 18.8 Å². The molecule has 3 aliphatic heterocycles. The molecule has 4 aliphatic rings. The minimum atomic E-state index is -0.851. The molecule has 5 heteroatoms. The Morgan fingerprint density at radius 1 is 1.26 bits per heavy atom. The standard InChI is InChI=1S/C14H21NO4/c16-11-5-10-4-9-6-15(13(18)8-2-1-3-8)7-14(9,19-10)12(11)17/h8-12,16-17H,1-7H2/t9-,10-,11+,12+,14+/m0/s1. The third kappa shape index (κ3) is 1.55. The molecule has 0 radical (unpaired) electrons. The molecule has 0 aromatic carbocycles. The van der Waals surface area contributed by atoms with Crippen molar-refractivity contribution < 1.29 is 19.7 Å². The van der Waals surface area contributed by atoms with Crippen molar-refractivity contribution >= 4 is 5.91 Å². The average molecular weight is 267 g/mol. The van der Waals surface area contributed by atoms with Crippen LogP contribution in [0.15, 0.2) is 0 Å². The van der Waals surface area contributed by atoms with E-state index in [0.717, 1.165) is 25.7 Å². The maximum atomic E-state index is 12.3. The topological polar surface area (TPSA) is 70.0 Å². The summed E-state index contributed by atoms with van der Waals surface area (Å²) in [5, 5.41) is 20.3. The Morgan fingerprint density at radius 2 is 2.05 bits per heavy atom. The van der Waals surface area contributed by atoms with E-state index in [-0.39, 0.29) is 23.8 Å². The summed E-state index contributed by atoms with van der Waals surface area (Å²) in [7, 11) is 0. The number of likely N-dealkylation sites (tertiary alicyclic amines) is 1. The number of carbonyl (C=O) groups excluding carboxylic acids is 1. The summed E-state index contributed by atoms with van der Waals surface area (Å²) in [5.74, 6) is 0.604. The maximum Gasteiger partial charge on any atom is 0.225 e. The number of ether oxygens (including phenoxy) is 1. The zero-order chi connectivity index (χ0) is 13.2. The molecule has 3 heterocycles. The number of amides is 1. The number of hydrogen-bond donors (Lipinski definition) is 2. The van der Waals surface area contributed by atoms with E-state index in [1.165, 1.54) is 0 Å². The first-order valence-corrected chi connectivity index (χ1v) is 7.43. The van der Waals surface area contributed by atoms with E-state index >= 15 is 0 Å². The van der Waals surface area contributed by atoms with Crippen molar-refractivity contribution in [3.63, 3.8) is 0 Å². The number of aliphatic hydroxyl groups excluding tert-OH is 2. The highest BCUT2D eigenvalue weighted by Gasteiger charge is 2.63. The van der Waals surface area contributed by atoms with Gasteiger partial charge in [0.25, 0.3) is 0 Å². The summed E-state index contributed by atoms with van der Waals surface area (Å²) in [6.45, 7) is 1.15. The summed E-state index contributed by atoms with van der Waals surface area (Å²) in [6, 6.07) is 0. The maximum absolute atomic E-state index is 12.3. The highest BCUT2D eigenvalue weighted by atomic mass is 16.5. The van der Waals surface area contributed by atoms with E-state index < -0.39 is 17.8 Å². The highest BCUT2D eigenvalue weighted by Crippen LogP contribution is 2.50. The number of aliphatic hydroxyl groups is 2. The number of rotatable bonds is 1. The van der Waals surface area contributed by atoms with Crippen LogP contribution in [0.4, 0.5) is 0 Å². The van der Waals surface area contributed by atoms with Crippen molar-refractivity contribution in [2.75, 3.05) is 13.1 Å². The summed E-state index contributed by atoms with van der Waals surface area (Å²) < 4.78 is 6.00. The van der Waals surface area contributed by atoms with Crippen molar-refractivity contribution in [2.45, 2.75) is 56.0 Å². The van der Waals surface area contributed by atoms with E-state index in [4.69, 9.17) is 4.74 Å². The van der Waals surface area contributed by atoms with Crippen LogP contribution in [-0.2, 0) is 9.53 Å². The van der Waals surface area contributed by atoms with Gasteiger partial charge in [0, 0.05) is 24.8 Å². The van der Waals surface area contributed by atoms with Gasteiger partial charge in [-0.15, -0.1) is 0 Å². The van der Waals surface area contributed by atoms with Crippen LogP contribution in [0.5, 0.6) is 0 Å². The number of nitrogens with zero attached hydrogens (tertiary/aromatic N) is 1. The monoisotopic (exact) mass is 267 g/mol. The third-order valence-corrected chi connectivity index (χ3v) is 5.64. The molecule has 3 saturated heterocycles. The average Bonchev–Trinajstić information content (AvgIpc) is 2.76. The van der Waals surface area contributed by atoms with Crippen LogP contribution in [0.3, 0.4) is 0 Å². The summed E-state index contributed by atoms with van der Waals surface area (Å²) in [6.07, 6.45) is 3.04. The Kier molecular flexibility index (Phi) is 2.51. The second-order valence-corrected chi connectivity index (χ2v) is 6.72. The smallest absolute Gasteiger partial charge is 0.225 e. The van der Waals surface area contributed by atoms with E-state index in [1.54, 1.807) is 0 Å². The van der Waals surface area contributed by atoms with Gasteiger partial charge in [-0.3, -0.25) is 4.79 Å². The Bertz CT molecular complexity index is 410. The lowest BCUT2D eigenvalue weighted by Crippen LogP contribution is -2.57. The molecule has 0 aromatic rings. The first-order chi connectivity index (χ1) is 9.10. The Labute approximate surface area is 112 Å². The van der Waals surface area contributed by atoms with Crippen LogP contribution >= 0.6 is 0 Å². The van der Waals surface area contributed by atoms with Gasteiger partial charge in [0.15, 0.2) is 0 Å². The van der Waals surface area contributed by atoms with E-state index in [9.17, 15) is 15.0 Å². The lowest BCUT2D eigenvalue weighted by atomic mass is 9.84. The summed E-state index contributed by atoms with van der Waals surface area (Å²) >= 11 is 0. The van der Waals surface area contributed by atoms with Crippen LogP contribution in [0.2, 0.25) is 0 Å². The fraction of sp³-hybridized carbons (Fsp3) is 0.929. The van der Waals surface area contributed by atoms with Gasteiger partial charge < -0.3 is 19.8 Å². The Hall–Kier alpha value is -0.650. The van der Waals surface area contributed by atoms with Crippen molar-refractivity contribution in [2.24, 2.45) is 11.8 Å². The van der Waals surface area contributed by atoms with Crippen molar-refractivity contribution in [1.82, 2.24) is 4.90 Å². The second-order valence-electron chi connectivity index (χ2n) is 6.72. The van der Waals surface area contributed by atoms with Gasteiger partial charge >= 0.3 is 0 Å². The first kappa shape index (κ1) is 12.1. The van der Waals surface area contributed by atoms with Gasteiger partial charge in [-0.25, -0.2) is 0 Å². The molecule has 4 fully saturated rings. The second kappa shape index (κ2) is 3.93. The number of fused-ring (bicyclic) bond motifs is 1. The van der Waals surface area contributed by atoms with Gasteiger partial charge in [0.2, 0.25) is 5.91 Å². The van der Waals surface area contributed by atoms with Gasteiger partial charge in [-0.2, -0.15) is 0 Å². The van der Waals surface area contributed by atoms with Gasteiger partial charge in [0.1, 0.15) is 11.7 Å². The van der Waals surface area contributed by atoms with Crippen LogP contribution in [-0.4, -0.2) is 58.0 Å². The molecule has 5 nitrogen and oxygen atoms in total. The fourth-order valence-corrected chi connectivity index (χ4v) is 4.35. The van der Waals surface area contributed by atoms with Crippen molar-refractivity contribution in [3.05, 3.63) is 0 Å². The molecule has 106 valence electrons. The van der Waals surface area contributed by atoms with Crippen LogP contribution in [0.1, 0.15) is 32.1 Å². The number of carbonyl (C=O) groups is 1. The minimum absolute atomic E-state index is 0.0596. The summed E-state index contributed by atoms with van der Waals surface area (Å²) in [4.78, 5) is 14.2. The highest BCUT2D eigenvalue weighted by molar-refractivity contribution is 5.80. The predicted molar refractivity (Wildman–Crippen MR) is 66.3 cm³/mol.